The zero-order valence-electron chi connectivity index (χ0n) is 14.1. The number of hydrogen-bond acceptors (Lipinski definition) is 5. The van der Waals surface area contributed by atoms with Crippen LogP contribution in [0, 0.1) is 11.3 Å². The van der Waals surface area contributed by atoms with Crippen molar-refractivity contribution in [2.24, 2.45) is 11.3 Å². The van der Waals surface area contributed by atoms with E-state index in [9.17, 15) is 27.9 Å². The molecule has 2 fully saturated rings. The number of carbonyl (C=O) groups excluding carboxylic acids is 2. The first kappa shape index (κ1) is 17.2. The number of aliphatic carboxylic acids is 1. The Kier molecular flexibility index (Phi) is 3.55. The molecule has 1 saturated carbocycles. The van der Waals surface area contributed by atoms with Crippen LogP contribution in [0.15, 0.2) is 23.1 Å². The number of fused-ring (bicyclic) bond motifs is 2. The maximum absolute atomic E-state index is 13.0. The van der Waals surface area contributed by atoms with Crippen molar-refractivity contribution < 1.29 is 27.9 Å². The summed E-state index contributed by atoms with van der Waals surface area (Å²) in [5.41, 5.74) is -0.779. The van der Waals surface area contributed by atoms with Gasteiger partial charge in [0.15, 0.2) is 0 Å². The first-order valence-corrected chi connectivity index (χ1v) is 9.82. The minimum absolute atomic E-state index is 0.0564. The van der Waals surface area contributed by atoms with Gasteiger partial charge in [0.1, 0.15) is 0 Å². The summed E-state index contributed by atoms with van der Waals surface area (Å²) >= 11 is 0. The Morgan fingerprint density at radius 2 is 1.92 bits per heavy atom. The topological polar surface area (TPSA) is 112 Å². The molecule has 3 aliphatic rings. The van der Waals surface area contributed by atoms with Crippen molar-refractivity contribution in [1.82, 2.24) is 9.21 Å². The highest BCUT2D eigenvalue weighted by molar-refractivity contribution is 7.89. The second kappa shape index (κ2) is 5.37. The van der Waals surface area contributed by atoms with Crippen LogP contribution >= 0.6 is 0 Å². The molecule has 0 bridgehead atoms. The van der Waals surface area contributed by atoms with Gasteiger partial charge in [-0.2, -0.15) is 4.31 Å². The molecular formula is C17H18N2O6S. The molecule has 26 heavy (non-hydrogen) atoms. The molecule has 1 aromatic carbocycles. The predicted molar refractivity (Wildman–Crippen MR) is 89.0 cm³/mol. The highest BCUT2D eigenvalue weighted by Gasteiger charge is 2.57. The summed E-state index contributed by atoms with van der Waals surface area (Å²) in [6, 6.07) is 3.87. The van der Waals surface area contributed by atoms with Gasteiger partial charge in [0.2, 0.25) is 10.0 Å². The average Bonchev–Trinajstić information content (AvgIpc) is 3.23. The van der Waals surface area contributed by atoms with Crippen LogP contribution in [0.4, 0.5) is 0 Å². The largest absolute Gasteiger partial charge is 0.481 e. The molecule has 2 amide bonds. The van der Waals surface area contributed by atoms with E-state index in [1.54, 1.807) is 0 Å². The Bertz CT molecular complexity index is 956. The molecule has 0 radical (unpaired) electrons. The van der Waals surface area contributed by atoms with Crippen LogP contribution in [0.25, 0.3) is 0 Å². The molecule has 0 aromatic heterocycles. The van der Waals surface area contributed by atoms with E-state index in [0.717, 1.165) is 11.3 Å². The summed E-state index contributed by atoms with van der Waals surface area (Å²) in [5, 5.41) is 9.64. The maximum Gasteiger partial charge on any atom is 0.311 e. The molecule has 1 aliphatic carbocycles. The fourth-order valence-corrected chi connectivity index (χ4v) is 6.01. The van der Waals surface area contributed by atoms with Gasteiger partial charge in [0.05, 0.1) is 21.4 Å². The Labute approximate surface area is 150 Å². The molecule has 2 heterocycles. The molecule has 138 valence electrons. The third kappa shape index (κ3) is 2.10. The zero-order valence-corrected chi connectivity index (χ0v) is 15.0. The number of amides is 2. The van der Waals surface area contributed by atoms with Gasteiger partial charge in [-0.3, -0.25) is 19.3 Å². The lowest BCUT2D eigenvalue weighted by Gasteiger charge is -2.23. The molecule has 2 aliphatic heterocycles. The number of hydrogen-bond donors (Lipinski definition) is 1. The third-order valence-electron chi connectivity index (χ3n) is 5.96. The molecule has 1 saturated heterocycles. The Morgan fingerprint density at radius 3 is 2.58 bits per heavy atom. The van der Waals surface area contributed by atoms with Crippen molar-refractivity contribution in [1.29, 1.82) is 0 Å². The molecule has 1 N–H and O–H groups in total. The normalized spacial score (nSPS) is 28.5. The Balaban J connectivity index is 1.70. The number of rotatable bonds is 3. The van der Waals surface area contributed by atoms with Gasteiger partial charge in [-0.25, -0.2) is 8.42 Å². The molecule has 2 atom stereocenters. The zero-order chi connectivity index (χ0) is 18.9. The third-order valence-corrected chi connectivity index (χ3v) is 7.77. The summed E-state index contributed by atoms with van der Waals surface area (Å²) in [6.07, 6.45) is 1.95. The fourth-order valence-electron chi connectivity index (χ4n) is 4.43. The predicted octanol–water partition coefficient (Wildman–Crippen LogP) is 0.788. The van der Waals surface area contributed by atoms with E-state index in [-0.39, 0.29) is 35.0 Å². The van der Waals surface area contributed by atoms with Crippen LogP contribution in [0.3, 0.4) is 0 Å². The molecule has 1 aromatic rings. The van der Waals surface area contributed by atoms with Crippen LogP contribution in [0.1, 0.15) is 40.0 Å². The minimum atomic E-state index is -3.94. The Hall–Kier alpha value is -2.26. The lowest BCUT2D eigenvalue weighted by atomic mass is 9.81. The maximum atomic E-state index is 13.0. The summed E-state index contributed by atoms with van der Waals surface area (Å²) in [4.78, 5) is 36.7. The van der Waals surface area contributed by atoms with Gasteiger partial charge in [-0.1, -0.05) is 6.42 Å². The van der Waals surface area contributed by atoms with Crippen molar-refractivity contribution in [2.45, 2.75) is 24.2 Å². The first-order valence-electron chi connectivity index (χ1n) is 8.38. The highest BCUT2D eigenvalue weighted by Crippen LogP contribution is 2.50. The van der Waals surface area contributed by atoms with Gasteiger partial charge in [-0.05, 0) is 37.0 Å². The average molecular weight is 378 g/mol. The molecular weight excluding hydrogens is 360 g/mol. The number of imide groups is 1. The summed E-state index contributed by atoms with van der Waals surface area (Å²) in [7, 11) is -2.60. The van der Waals surface area contributed by atoms with Gasteiger partial charge in [0, 0.05) is 20.1 Å². The number of sulfonamides is 1. The van der Waals surface area contributed by atoms with E-state index in [0.29, 0.717) is 12.8 Å². The van der Waals surface area contributed by atoms with Gasteiger partial charge in [0.25, 0.3) is 11.8 Å². The lowest BCUT2D eigenvalue weighted by Crippen LogP contribution is -2.37. The smallest absolute Gasteiger partial charge is 0.311 e. The van der Waals surface area contributed by atoms with Crippen molar-refractivity contribution in [3.8, 4) is 0 Å². The standard InChI is InChI=1S/C17H18N2O6S/c1-18-14(20)12-5-4-11(7-13(12)15(18)21)26(24,25)19-8-10-3-2-6-17(10,9-19)16(22)23/h4-5,7,10H,2-3,6,8-9H2,1H3,(H,22,23)/t10-,17+/m0/s1. The number of benzene rings is 1. The fraction of sp³-hybridized carbons (Fsp3) is 0.471. The van der Waals surface area contributed by atoms with Crippen LogP contribution in [0.2, 0.25) is 0 Å². The number of carboxylic acids is 1. The van der Waals surface area contributed by atoms with Crippen molar-refractivity contribution in [2.75, 3.05) is 20.1 Å². The number of nitrogens with zero attached hydrogens (tertiary/aromatic N) is 2. The number of carboxylic acid groups (broad SMARTS) is 1. The second-order valence-electron chi connectivity index (χ2n) is 7.22. The summed E-state index contributed by atoms with van der Waals surface area (Å²) < 4.78 is 27.3. The van der Waals surface area contributed by atoms with E-state index in [2.05, 4.69) is 0 Å². The molecule has 9 heteroatoms. The van der Waals surface area contributed by atoms with Crippen LogP contribution in [0.5, 0.6) is 0 Å². The molecule has 0 spiro atoms. The molecule has 0 unspecified atom stereocenters. The molecule has 8 nitrogen and oxygen atoms in total. The second-order valence-corrected chi connectivity index (χ2v) is 9.16. The van der Waals surface area contributed by atoms with E-state index < -0.39 is 33.2 Å². The minimum Gasteiger partial charge on any atom is -0.481 e. The molecule has 4 rings (SSSR count). The van der Waals surface area contributed by atoms with Gasteiger partial charge in [-0.15, -0.1) is 0 Å². The quantitative estimate of drug-likeness (QED) is 0.778. The van der Waals surface area contributed by atoms with Crippen LogP contribution < -0.4 is 0 Å². The first-order chi connectivity index (χ1) is 12.2. The lowest BCUT2D eigenvalue weighted by molar-refractivity contribution is -0.149. The highest BCUT2D eigenvalue weighted by atomic mass is 32.2. The SMILES string of the molecule is CN1C(=O)c2ccc(S(=O)(=O)N3C[C@@H]4CCC[C@@]4(C(=O)O)C3)cc2C1=O. The monoisotopic (exact) mass is 378 g/mol. The summed E-state index contributed by atoms with van der Waals surface area (Å²) in [5.74, 6) is -2.15. The van der Waals surface area contributed by atoms with E-state index >= 15 is 0 Å². The number of carbonyl (C=O) groups is 3. The Morgan fingerprint density at radius 1 is 1.23 bits per heavy atom. The van der Waals surface area contributed by atoms with Crippen molar-refractivity contribution >= 4 is 27.8 Å². The van der Waals surface area contributed by atoms with Crippen molar-refractivity contribution in [3.05, 3.63) is 29.3 Å². The van der Waals surface area contributed by atoms with E-state index in [1.165, 1.54) is 29.6 Å². The van der Waals surface area contributed by atoms with E-state index in [4.69, 9.17) is 0 Å². The van der Waals surface area contributed by atoms with E-state index in [1.807, 2.05) is 0 Å². The van der Waals surface area contributed by atoms with Gasteiger partial charge >= 0.3 is 5.97 Å². The van der Waals surface area contributed by atoms with Crippen molar-refractivity contribution in [3.63, 3.8) is 0 Å². The van der Waals surface area contributed by atoms with Gasteiger partial charge < -0.3 is 5.11 Å². The van der Waals surface area contributed by atoms with Crippen LogP contribution in [-0.2, 0) is 14.8 Å². The summed E-state index contributed by atoms with van der Waals surface area (Å²) in [6.45, 7) is 0.109. The van der Waals surface area contributed by atoms with Crippen LogP contribution in [-0.4, -0.2) is 60.7 Å².